The molecule has 0 unspecified atom stereocenters. The molecule has 0 fully saturated rings. The fourth-order valence-electron chi connectivity index (χ4n) is 12.4. The van der Waals surface area contributed by atoms with E-state index >= 15 is 0 Å². The van der Waals surface area contributed by atoms with E-state index in [2.05, 4.69) is 282 Å². The van der Waals surface area contributed by atoms with E-state index < -0.39 is 0 Å². The molecule has 15 rings (SSSR count). The molecule has 0 saturated heterocycles. The number of pyridine rings is 3. The maximum Gasteiger partial charge on any atom is 0.165 e. The minimum Gasteiger partial charge on any atom is -0.305 e. The van der Waals surface area contributed by atoms with Gasteiger partial charge in [0.25, 0.3) is 0 Å². The fraction of sp³-hybridized carbons (Fsp3) is 0.182. The van der Waals surface area contributed by atoms with Gasteiger partial charge in [0, 0.05) is 112 Å². The fourth-order valence-corrected chi connectivity index (χ4v) is 12.4. The smallest absolute Gasteiger partial charge is 0.165 e. The second-order valence-electron chi connectivity index (χ2n) is 31.6. The molecule has 0 aliphatic heterocycles. The van der Waals surface area contributed by atoms with Gasteiger partial charge in [-0.2, -0.15) is 0 Å². The third-order valence-corrected chi connectivity index (χ3v) is 19.1. The van der Waals surface area contributed by atoms with Crippen LogP contribution < -0.4 is 0 Å². The summed E-state index contributed by atoms with van der Waals surface area (Å²) < 4.78 is 0. The number of aryl methyl sites for hydroxylation is 2. The Hall–Kier alpha value is -10.4. The Bertz CT molecular complexity index is 5310. The van der Waals surface area contributed by atoms with Crippen molar-refractivity contribution in [1.82, 2.24) is 44.9 Å². The molecule has 0 N–H and O–H groups in total. The molecule has 5 aromatic heterocycles. The van der Waals surface area contributed by atoms with E-state index in [1.807, 2.05) is 140 Å². The number of rotatable bonds is 12. The number of hydrogen-bond donors (Lipinski definition) is 0. The van der Waals surface area contributed by atoms with Crippen LogP contribution >= 0.6 is 0 Å². The predicted octanol–water partition coefficient (Wildman–Crippen LogP) is 24.8. The maximum atomic E-state index is 4.90. The Morgan fingerprint density at radius 2 is 0.514 bits per heavy atom. The molecule has 5 heterocycles. The summed E-state index contributed by atoms with van der Waals surface area (Å²) in [7, 11) is 0. The topological polar surface area (TPSA) is 116 Å². The normalized spacial score (nSPS) is 11.3. The van der Waals surface area contributed by atoms with Crippen molar-refractivity contribution in [2.45, 2.75) is 119 Å². The summed E-state index contributed by atoms with van der Waals surface area (Å²) in [6.07, 6.45) is 5.46. The van der Waals surface area contributed by atoms with Crippen molar-refractivity contribution < 1.29 is 60.3 Å². The third kappa shape index (κ3) is 21.2. The van der Waals surface area contributed by atoms with Crippen molar-refractivity contribution in [3.8, 4) is 135 Å². The first-order valence-corrected chi connectivity index (χ1v) is 36.9. The molecular weight excluding hydrogens is 1890 g/mol. The number of nitrogens with zero attached hydrogens (tertiary/aromatic N) is 9. The second kappa shape index (κ2) is 36.2. The minimum atomic E-state index is 0. The molecule has 12 heteroatoms. The van der Waals surface area contributed by atoms with Gasteiger partial charge in [-0.15, -0.1) is 107 Å². The molecule has 0 amide bonds. The van der Waals surface area contributed by atoms with E-state index in [-0.39, 0.29) is 82.0 Å². The zero-order valence-electron chi connectivity index (χ0n) is 65.2. The van der Waals surface area contributed by atoms with Crippen molar-refractivity contribution in [3.63, 3.8) is 0 Å². The van der Waals surface area contributed by atoms with Gasteiger partial charge in [0.05, 0.1) is 0 Å². The monoisotopic (exact) mass is 1980 g/mol. The Balaban J connectivity index is 0.000000175. The van der Waals surface area contributed by atoms with Crippen LogP contribution in [-0.2, 0) is 82.0 Å². The van der Waals surface area contributed by atoms with Gasteiger partial charge in [-0.1, -0.05) is 276 Å². The van der Waals surface area contributed by atoms with Crippen LogP contribution in [0.3, 0.4) is 0 Å². The Morgan fingerprint density at radius 1 is 0.225 bits per heavy atom. The molecule has 0 aliphatic carbocycles. The van der Waals surface area contributed by atoms with Gasteiger partial charge in [0.1, 0.15) is 0 Å². The molecule has 561 valence electrons. The zero-order valence-corrected chi connectivity index (χ0v) is 72.4. The van der Waals surface area contributed by atoms with Crippen LogP contribution in [0.15, 0.2) is 292 Å². The van der Waals surface area contributed by atoms with Crippen LogP contribution in [0.2, 0.25) is 0 Å². The second-order valence-corrected chi connectivity index (χ2v) is 31.6. The number of benzene rings is 10. The molecule has 111 heavy (non-hydrogen) atoms. The van der Waals surface area contributed by atoms with Crippen LogP contribution in [0, 0.1) is 32.0 Å². The summed E-state index contributed by atoms with van der Waals surface area (Å²) in [5.41, 5.74) is 26.3. The molecule has 0 spiro atoms. The molecular formula is C99H90Ir3N9-3. The van der Waals surface area contributed by atoms with Gasteiger partial charge in [-0.05, 0) is 127 Å². The van der Waals surface area contributed by atoms with Gasteiger partial charge in [0.15, 0.2) is 34.9 Å². The molecule has 0 saturated carbocycles. The van der Waals surface area contributed by atoms with E-state index in [0.29, 0.717) is 34.9 Å². The van der Waals surface area contributed by atoms with Crippen molar-refractivity contribution in [2.24, 2.45) is 0 Å². The van der Waals surface area contributed by atoms with E-state index in [9.17, 15) is 0 Å². The standard InChI is InChI=1S/C37H36N.C34H33N4.C28H21N4.3Ir/c1-36(2,3)33-17-13-26(14-18-33)30-23-31(27-15-19-34(20-16-27)37(4,5)6)25-32(24-30)28-10-9-11-29(22-28)35-12-7-8-21-38-35;1-33(2,3)27-17-12-24(13-18-27)30-36-31(25-14-19-28(20-15-25)34(4,5)6)38-32(37-30)26-16-21-29(35-22-26)23-10-8-7-9-11-23;1-19-8-12-22(13-9-19)26-30-27(23-14-10-20(2)11-15-23)32-28(31-26)24-16-17-25(29-18-24)21-6-4-3-5-7-21;;;/h7-10,12-25H,1-6H3;7-10,12-22H,1-6H3;3-6,8-18H,1-2H3;;;/q3*-1;;;. The van der Waals surface area contributed by atoms with Gasteiger partial charge < -0.3 is 15.0 Å². The molecule has 0 atom stereocenters. The van der Waals surface area contributed by atoms with Crippen molar-refractivity contribution in [1.29, 1.82) is 0 Å². The summed E-state index contributed by atoms with van der Waals surface area (Å²) in [4.78, 5) is 42.8. The first kappa shape index (κ1) is 83.1. The minimum absolute atomic E-state index is 0. The van der Waals surface area contributed by atoms with E-state index in [1.54, 1.807) is 0 Å². The average Bonchev–Trinajstić information content (AvgIpc) is 0.800. The molecule has 0 bridgehead atoms. The average molecular weight is 1980 g/mol. The third-order valence-electron chi connectivity index (χ3n) is 19.1. The predicted molar refractivity (Wildman–Crippen MR) is 445 cm³/mol. The van der Waals surface area contributed by atoms with Crippen LogP contribution in [-0.4, -0.2) is 44.9 Å². The molecule has 0 aliphatic rings. The zero-order chi connectivity index (χ0) is 75.7. The Labute approximate surface area is 696 Å². The van der Waals surface area contributed by atoms with Crippen molar-refractivity contribution in [3.05, 3.63) is 343 Å². The molecule has 10 aromatic carbocycles. The summed E-state index contributed by atoms with van der Waals surface area (Å²) in [6, 6.07) is 104. The first-order valence-electron chi connectivity index (χ1n) is 36.9. The number of hydrogen-bond acceptors (Lipinski definition) is 9. The van der Waals surface area contributed by atoms with E-state index in [4.69, 9.17) is 29.9 Å². The Kier molecular flexibility index (Phi) is 27.1. The molecule has 9 nitrogen and oxygen atoms in total. The summed E-state index contributed by atoms with van der Waals surface area (Å²) in [5.74, 6) is 3.77. The summed E-state index contributed by atoms with van der Waals surface area (Å²) in [5, 5.41) is 0. The summed E-state index contributed by atoms with van der Waals surface area (Å²) in [6.45, 7) is 31.0. The van der Waals surface area contributed by atoms with Crippen LogP contribution in [0.1, 0.15) is 116 Å². The number of aromatic nitrogens is 9. The largest absolute Gasteiger partial charge is 0.305 e. The van der Waals surface area contributed by atoms with Gasteiger partial charge in [0.2, 0.25) is 0 Å². The van der Waals surface area contributed by atoms with Gasteiger partial charge >= 0.3 is 0 Å². The quantitative estimate of drug-likeness (QED) is 0.110. The molecule has 3 radical (unpaired) electrons. The molecule has 15 aromatic rings. The maximum absolute atomic E-state index is 4.90. The van der Waals surface area contributed by atoms with Crippen LogP contribution in [0.5, 0.6) is 0 Å². The van der Waals surface area contributed by atoms with E-state index in [0.717, 1.165) is 72.7 Å². The van der Waals surface area contributed by atoms with Crippen molar-refractivity contribution >= 4 is 0 Å². The van der Waals surface area contributed by atoms with E-state index in [1.165, 1.54) is 61.2 Å². The Morgan fingerprint density at radius 3 is 0.811 bits per heavy atom. The van der Waals surface area contributed by atoms with Crippen LogP contribution in [0.25, 0.3) is 135 Å². The van der Waals surface area contributed by atoms with Crippen LogP contribution in [0.4, 0.5) is 0 Å². The van der Waals surface area contributed by atoms with Crippen molar-refractivity contribution in [2.75, 3.05) is 0 Å². The van der Waals surface area contributed by atoms with Gasteiger partial charge in [-0.3, -0.25) is 0 Å². The first-order chi connectivity index (χ1) is 51.8. The SMILES string of the molecule is CC(C)(C)c1ccc(-c2cc(-c3ccc(C(C)(C)C)cc3)cc(-c3cc[c-]c(-c4ccccn4)c3)c2)cc1.CC(C)(C)c1ccc(-c2nc(-c3ccc(C(C)(C)C)cc3)nc(-c3ccc(-c4[c-]cccc4)nc3)n2)cc1.Cc1ccc(-c2nc(-c3ccc(C)cc3)nc(-c3ccc(-c4[c-]cccc4)nc3)n2)cc1.[Ir].[Ir].[Ir]. The summed E-state index contributed by atoms with van der Waals surface area (Å²) >= 11 is 0. The van der Waals surface area contributed by atoms with Gasteiger partial charge in [-0.25, -0.2) is 29.9 Å².